The van der Waals surface area contributed by atoms with E-state index < -0.39 is 5.60 Å². The monoisotopic (exact) mass is 314 g/mol. The summed E-state index contributed by atoms with van der Waals surface area (Å²) in [6.45, 7) is 13.2. The molecule has 0 radical (unpaired) electrons. The molecule has 1 saturated heterocycles. The predicted molar refractivity (Wildman–Crippen MR) is 90.9 cm³/mol. The summed E-state index contributed by atoms with van der Waals surface area (Å²) in [6.07, 6.45) is 3.89. The highest BCUT2D eigenvalue weighted by atomic mass is 32.2. The normalized spacial score (nSPS) is 16.8. The van der Waals surface area contributed by atoms with Crippen molar-refractivity contribution >= 4 is 17.9 Å². The number of carbonyl (C=O) groups is 1. The third kappa shape index (κ3) is 8.37. The minimum absolute atomic E-state index is 0.172. The van der Waals surface area contributed by atoms with Gasteiger partial charge in [-0.05, 0) is 46.1 Å². The zero-order valence-corrected chi connectivity index (χ0v) is 14.5. The first-order valence-corrected chi connectivity index (χ1v) is 8.95. The number of carbonyl (C=O) groups excluding carboxylic acids is 1. The molecule has 0 saturated carbocycles. The molecule has 1 aliphatic heterocycles. The number of hydrogen-bond acceptors (Lipinski definition) is 4. The number of ether oxygens (including phenoxy) is 1. The highest BCUT2D eigenvalue weighted by molar-refractivity contribution is 7.99. The van der Waals surface area contributed by atoms with E-state index in [0.717, 1.165) is 50.5 Å². The summed E-state index contributed by atoms with van der Waals surface area (Å²) in [5.74, 6) is 2.83. The Balaban J connectivity index is 2.12. The largest absolute Gasteiger partial charge is 0.444 e. The lowest BCUT2D eigenvalue weighted by Crippen LogP contribution is -2.43. The van der Waals surface area contributed by atoms with Crippen LogP contribution < -0.4 is 5.32 Å². The Kier molecular flexibility index (Phi) is 8.19. The molecule has 5 heteroatoms. The lowest BCUT2D eigenvalue weighted by Gasteiger charge is -2.33. The number of rotatable bonds is 7. The second kappa shape index (κ2) is 9.36. The number of nitrogens with zero attached hydrogens (tertiary/aromatic N) is 1. The second-order valence-corrected chi connectivity index (χ2v) is 7.63. The quantitative estimate of drug-likeness (QED) is 0.579. The molecule has 0 aromatic rings. The summed E-state index contributed by atoms with van der Waals surface area (Å²) in [4.78, 5) is 13.8. The molecule has 0 atom stereocenters. The van der Waals surface area contributed by atoms with Crippen molar-refractivity contribution in [1.29, 1.82) is 0 Å². The molecule has 0 aromatic heterocycles. The van der Waals surface area contributed by atoms with Crippen molar-refractivity contribution in [3.63, 3.8) is 0 Å². The van der Waals surface area contributed by atoms with E-state index in [1.54, 1.807) is 0 Å². The predicted octanol–water partition coefficient (Wildman–Crippen LogP) is 3.14. The van der Waals surface area contributed by atoms with Crippen LogP contribution in [0.2, 0.25) is 0 Å². The molecule has 1 aliphatic rings. The smallest absolute Gasteiger partial charge is 0.410 e. The minimum Gasteiger partial charge on any atom is -0.444 e. The van der Waals surface area contributed by atoms with Crippen LogP contribution in [0.5, 0.6) is 0 Å². The molecule has 4 nitrogen and oxygen atoms in total. The molecule has 0 bridgehead atoms. The molecule has 0 aromatic carbocycles. The van der Waals surface area contributed by atoms with Crippen LogP contribution in [-0.2, 0) is 4.74 Å². The molecule has 0 unspecified atom stereocenters. The van der Waals surface area contributed by atoms with Gasteiger partial charge in [-0.1, -0.05) is 6.08 Å². The zero-order chi connectivity index (χ0) is 15.7. The summed E-state index contributed by atoms with van der Waals surface area (Å²) in [6, 6.07) is 0. The van der Waals surface area contributed by atoms with Crippen molar-refractivity contribution in [2.45, 2.75) is 39.2 Å². The average molecular weight is 314 g/mol. The Bertz CT molecular complexity index is 321. The molecule has 1 heterocycles. The molecule has 1 rings (SSSR count). The molecule has 122 valence electrons. The van der Waals surface area contributed by atoms with E-state index in [4.69, 9.17) is 4.74 Å². The Morgan fingerprint density at radius 1 is 1.43 bits per heavy atom. The maximum atomic E-state index is 12.0. The first kappa shape index (κ1) is 18.4. The van der Waals surface area contributed by atoms with Crippen molar-refractivity contribution in [2.75, 3.05) is 37.7 Å². The Morgan fingerprint density at radius 3 is 2.67 bits per heavy atom. The standard InChI is InChI=1S/C16H30N2O2S/c1-5-11-21-12-8-17-13-14-6-9-18(10-7-14)15(19)20-16(2,3)4/h5,14,17H,1,6-13H2,2-4H3. The number of piperidine rings is 1. The van der Waals surface area contributed by atoms with Gasteiger partial charge in [-0.2, -0.15) is 11.8 Å². The van der Waals surface area contributed by atoms with Crippen molar-refractivity contribution < 1.29 is 9.53 Å². The molecule has 0 spiro atoms. The van der Waals surface area contributed by atoms with Crippen LogP contribution in [0.15, 0.2) is 12.7 Å². The number of amides is 1. The fourth-order valence-electron chi connectivity index (χ4n) is 2.26. The molecular weight excluding hydrogens is 284 g/mol. The maximum absolute atomic E-state index is 12.0. The van der Waals surface area contributed by atoms with Gasteiger partial charge in [-0.3, -0.25) is 0 Å². The van der Waals surface area contributed by atoms with Crippen molar-refractivity contribution in [3.8, 4) is 0 Å². The SMILES string of the molecule is C=CCSCCNCC1CCN(C(=O)OC(C)(C)C)CC1. The van der Waals surface area contributed by atoms with Gasteiger partial charge in [0.2, 0.25) is 0 Å². The van der Waals surface area contributed by atoms with E-state index >= 15 is 0 Å². The van der Waals surface area contributed by atoms with Gasteiger partial charge in [0.15, 0.2) is 0 Å². The molecule has 1 N–H and O–H groups in total. The highest BCUT2D eigenvalue weighted by Crippen LogP contribution is 2.19. The van der Waals surface area contributed by atoms with Crippen molar-refractivity contribution in [2.24, 2.45) is 5.92 Å². The summed E-state index contributed by atoms with van der Waals surface area (Å²) in [7, 11) is 0. The zero-order valence-electron chi connectivity index (χ0n) is 13.7. The van der Waals surface area contributed by atoms with E-state index in [0.29, 0.717) is 5.92 Å². The van der Waals surface area contributed by atoms with E-state index in [-0.39, 0.29) is 6.09 Å². The van der Waals surface area contributed by atoms with Crippen LogP contribution in [-0.4, -0.2) is 54.3 Å². The van der Waals surface area contributed by atoms with Crippen LogP contribution >= 0.6 is 11.8 Å². The molecule has 1 fully saturated rings. The van der Waals surface area contributed by atoms with Crippen LogP contribution in [0.1, 0.15) is 33.6 Å². The van der Waals surface area contributed by atoms with E-state index in [2.05, 4.69) is 11.9 Å². The van der Waals surface area contributed by atoms with Gasteiger partial charge in [0.1, 0.15) is 5.60 Å². The minimum atomic E-state index is -0.404. The number of hydrogen-bond donors (Lipinski definition) is 1. The Hall–Kier alpha value is -0.680. The van der Waals surface area contributed by atoms with Crippen LogP contribution in [0.25, 0.3) is 0 Å². The second-order valence-electron chi connectivity index (χ2n) is 6.48. The lowest BCUT2D eigenvalue weighted by atomic mass is 9.97. The molecule has 0 aliphatic carbocycles. The van der Waals surface area contributed by atoms with Gasteiger partial charge < -0.3 is 15.0 Å². The van der Waals surface area contributed by atoms with E-state index in [1.807, 2.05) is 43.5 Å². The maximum Gasteiger partial charge on any atom is 0.410 e. The lowest BCUT2D eigenvalue weighted by molar-refractivity contribution is 0.0184. The van der Waals surface area contributed by atoms with Gasteiger partial charge in [-0.25, -0.2) is 4.79 Å². The van der Waals surface area contributed by atoms with Crippen molar-refractivity contribution in [3.05, 3.63) is 12.7 Å². The van der Waals surface area contributed by atoms with Gasteiger partial charge >= 0.3 is 6.09 Å². The number of nitrogens with one attached hydrogen (secondary N) is 1. The Morgan fingerprint density at radius 2 is 2.10 bits per heavy atom. The van der Waals surface area contributed by atoms with Gasteiger partial charge in [0, 0.05) is 31.1 Å². The summed E-state index contributed by atoms with van der Waals surface area (Å²) >= 11 is 1.90. The average Bonchev–Trinajstić information content (AvgIpc) is 2.41. The third-order valence-electron chi connectivity index (χ3n) is 3.36. The van der Waals surface area contributed by atoms with Gasteiger partial charge in [-0.15, -0.1) is 6.58 Å². The topological polar surface area (TPSA) is 41.6 Å². The fraction of sp³-hybridized carbons (Fsp3) is 0.812. The fourth-order valence-corrected chi connectivity index (χ4v) is 2.89. The van der Waals surface area contributed by atoms with Crippen LogP contribution in [0, 0.1) is 5.92 Å². The molecule has 21 heavy (non-hydrogen) atoms. The number of likely N-dealkylation sites (tertiary alicyclic amines) is 1. The molecular formula is C16H30N2O2S. The van der Waals surface area contributed by atoms with Crippen molar-refractivity contribution in [1.82, 2.24) is 10.2 Å². The summed E-state index contributed by atoms with van der Waals surface area (Å²) < 4.78 is 5.41. The van der Waals surface area contributed by atoms with E-state index in [9.17, 15) is 4.79 Å². The highest BCUT2D eigenvalue weighted by Gasteiger charge is 2.26. The Labute approximate surface area is 133 Å². The van der Waals surface area contributed by atoms with Crippen LogP contribution in [0.3, 0.4) is 0 Å². The number of thioether (sulfide) groups is 1. The van der Waals surface area contributed by atoms with Gasteiger partial charge in [0.05, 0.1) is 0 Å². The third-order valence-corrected chi connectivity index (χ3v) is 4.32. The van der Waals surface area contributed by atoms with Crippen LogP contribution in [0.4, 0.5) is 4.79 Å². The van der Waals surface area contributed by atoms with E-state index in [1.165, 1.54) is 0 Å². The molecule has 1 amide bonds. The first-order chi connectivity index (χ1) is 9.92. The summed E-state index contributed by atoms with van der Waals surface area (Å²) in [5, 5.41) is 3.51. The van der Waals surface area contributed by atoms with Gasteiger partial charge in [0.25, 0.3) is 0 Å². The first-order valence-electron chi connectivity index (χ1n) is 7.79. The summed E-state index contributed by atoms with van der Waals surface area (Å²) in [5.41, 5.74) is -0.404.